The molecule has 2 heterocycles. The summed E-state index contributed by atoms with van der Waals surface area (Å²) in [5.74, 6) is 0.753. The summed E-state index contributed by atoms with van der Waals surface area (Å²) in [5, 5.41) is 2.90. The number of nitrogens with zero attached hydrogens (tertiary/aromatic N) is 2. The van der Waals surface area contributed by atoms with Gasteiger partial charge < -0.3 is 24.3 Å². The molecular formula is C19H25N3O3. The van der Waals surface area contributed by atoms with Crippen molar-refractivity contribution in [2.24, 2.45) is 0 Å². The molecule has 1 N–H and O–H groups in total. The van der Waals surface area contributed by atoms with Gasteiger partial charge in [-0.2, -0.15) is 0 Å². The Kier molecular flexibility index (Phi) is 5.28. The molecule has 0 spiro atoms. The van der Waals surface area contributed by atoms with Gasteiger partial charge in [0.15, 0.2) is 0 Å². The minimum absolute atomic E-state index is 0.169. The van der Waals surface area contributed by atoms with E-state index in [-0.39, 0.29) is 18.2 Å². The molecular weight excluding hydrogens is 318 g/mol. The molecule has 2 atom stereocenters. The maximum Gasteiger partial charge on any atom is 0.321 e. The van der Waals surface area contributed by atoms with E-state index in [1.165, 1.54) is 0 Å². The average Bonchev–Trinajstić information content (AvgIpc) is 3.07. The fourth-order valence-corrected chi connectivity index (χ4v) is 3.07. The molecule has 6 nitrogen and oxygen atoms in total. The van der Waals surface area contributed by atoms with Gasteiger partial charge in [-0.25, -0.2) is 4.79 Å². The van der Waals surface area contributed by atoms with Gasteiger partial charge in [0, 0.05) is 31.5 Å². The van der Waals surface area contributed by atoms with Gasteiger partial charge >= 0.3 is 6.03 Å². The maximum atomic E-state index is 12.3. The Bertz CT molecular complexity index is 674. The summed E-state index contributed by atoms with van der Waals surface area (Å²) in [6.07, 6.45) is 2.05. The first kappa shape index (κ1) is 17.4. The second kappa shape index (κ2) is 7.61. The van der Waals surface area contributed by atoms with Gasteiger partial charge in [0.05, 0.1) is 25.0 Å². The monoisotopic (exact) mass is 343 g/mol. The minimum atomic E-state index is -0.169. The summed E-state index contributed by atoms with van der Waals surface area (Å²) in [6.45, 7) is 6.36. The highest BCUT2D eigenvalue weighted by atomic mass is 16.5. The zero-order valence-corrected chi connectivity index (χ0v) is 14.9. The molecule has 25 heavy (non-hydrogen) atoms. The normalized spacial score (nSPS) is 20.4. The summed E-state index contributed by atoms with van der Waals surface area (Å²) >= 11 is 0. The van der Waals surface area contributed by atoms with Gasteiger partial charge in [0.2, 0.25) is 0 Å². The van der Waals surface area contributed by atoms with Crippen molar-refractivity contribution in [3.8, 4) is 0 Å². The van der Waals surface area contributed by atoms with Crippen LogP contribution in [0, 0.1) is 0 Å². The summed E-state index contributed by atoms with van der Waals surface area (Å²) in [4.78, 5) is 16.2. The molecule has 0 aliphatic carbocycles. The van der Waals surface area contributed by atoms with Crippen LogP contribution in [0.25, 0.3) is 0 Å². The van der Waals surface area contributed by atoms with Crippen LogP contribution in [0.4, 0.5) is 16.2 Å². The lowest BCUT2D eigenvalue weighted by Gasteiger charge is -2.36. The van der Waals surface area contributed by atoms with E-state index >= 15 is 0 Å². The van der Waals surface area contributed by atoms with Gasteiger partial charge in [0.1, 0.15) is 5.76 Å². The molecule has 1 aliphatic heterocycles. The van der Waals surface area contributed by atoms with Crippen LogP contribution >= 0.6 is 0 Å². The highest BCUT2D eigenvalue weighted by molar-refractivity contribution is 5.89. The minimum Gasteiger partial charge on any atom is -0.467 e. The number of anilines is 2. The number of carbonyl (C=O) groups is 1. The standard InChI is InChI=1S/C19H25N3O3/c1-14-11-22(12-15(2)25-14)17-8-6-16(7-9-17)20-19(23)21(3)13-18-5-4-10-24-18/h4-10,14-15H,11-13H2,1-3H3,(H,20,23)/t14-,15-/m1/s1. The van der Waals surface area contributed by atoms with Crippen LogP contribution in [0.5, 0.6) is 0 Å². The number of benzene rings is 1. The molecule has 134 valence electrons. The molecule has 2 amide bonds. The number of amides is 2. The zero-order valence-electron chi connectivity index (χ0n) is 14.9. The first-order valence-corrected chi connectivity index (χ1v) is 8.56. The fourth-order valence-electron chi connectivity index (χ4n) is 3.07. The molecule has 0 unspecified atom stereocenters. The number of hydrogen-bond acceptors (Lipinski definition) is 4. The average molecular weight is 343 g/mol. The Morgan fingerprint density at radius 1 is 1.20 bits per heavy atom. The third-order valence-electron chi connectivity index (χ3n) is 4.22. The van der Waals surface area contributed by atoms with Crippen molar-refractivity contribution in [3.05, 3.63) is 48.4 Å². The SMILES string of the molecule is C[C@@H]1CN(c2ccc(NC(=O)N(C)Cc3ccco3)cc2)C[C@@H](C)O1. The number of carbonyl (C=O) groups excluding carboxylic acids is 1. The number of furan rings is 1. The topological polar surface area (TPSA) is 58.0 Å². The number of ether oxygens (including phenoxy) is 1. The smallest absolute Gasteiger partial charge is 0.321 e. The quantitative estimate of drug-likeness (QED) is 0.922. The van der Waals surface area contributed by atoms with Crippen molar-refractivity contribution < 1.29 is 13.9 Å². The van der Waals surface area contributed by atoms with E-state index in [1.54, 1.807) is 18.2 Å². The predicted octanol–water partition coefficient (Wildman–Crippen LogP) is 3.56. The van der Waals surface area contributed by atoms with Crippen LogP contribution < -0.4 is 10.2 Å². The van der Waals surface area contributed by atoms with E-state index < -0.39 is 0 Å². The van der Waals surface area contributed by atoms with Gasteiger partial charge in [-0.3, -0.25) is 0 Å². The number of nitrogens with one attached hydrogen (secondary N) is 1. The Morgan fingerprint density at radius 2 is 1.88 bits per heavy atom. The molecule has 0 bridgehead atoms. The highest BCUT2D eigenvalue weighted by Gasteiger charge is 2.22. The molecule has 3 rings (SSSR count). The first-order chi connectivity index (χ1) is 12.0. The number of hydrogen-bond donors (Lipinski definition) is 1. The van der Waals surface area contributed by atoms with Crippen LogP contribution in [0.15, 0.2) is 47.1 Å². The molecule has 0 saturated carbocycles. The van der Waals surface area contributed by atoms with Crippen molar-refractivity contribution in [3.63, 3.8) is 0 Å². The van der Waals surface area contributed by atoms with Crippen LogP contribution in [0.2, 0.25) is 0 Å². The van der Waals surface area contributed by atoms with Crippen molar-refractivity contribution in [1.82, 2.24) is 4.90 Å². The van der Waals surface area contributed by atoms with Crippen molar-refractivity contribution in [1.29, 1.82) is 0 Å². The summed E-state index contributed by atoms with van der Waals surface area (Å²) < 4.78 is 11.0. The van der Waals surface area contributed by atoms with Gasteiger partial charge in [-0.15, -0.1) is 0 Å². The molecule has 2 aromatic rings. The molecule has 1 saturated heterocycles. The fraction of sp³-hybridized carbons (Fsp3) is 0.421. The summed E-state index contributed by atoms with van der Waals surface area (Å²) in [5.41, 5.74) is 1.92. The van der Waals surface area contributed by atoms with Crippen molar-refractivity contribution in [2.45, 2.75) is 32.6 Å². The second-order valence-electron chi connectivity index (χ2n) is 6.57. The van der Waals surface area contributed by atoms with Gasteiger partial charge in [-0.05, 0) is 50.2 Å². The van der Waals surface area contributed by atoms with Crippen molar-refractivity contribution in [2.75, 3.05) is 30.4 Å². The lowest BCUT2D eigenvalue weighted by atomic mass is 10.2. The van der Waals surface area contributed by atoms with Crippen LogP contribution in [-0.2, 0) is 11.3 Å². The number of morpholine rings is 1. The van der Waals surface area contributed by atoms with E-state index in [1.807, 2.05) is 36.4 Å². The predicted molar refractivity (Wildman–Crippen MR) is 97.9 cm³/mol. The molecule has 1 fully saturated rings. The molecule has 0 radical (unpaired) electrons. The van der Waals surface area contributed by atoms with E-state index in [2.05, 4.69) is 24.1 Å². The van der Waals surface area contributed by atoms with Crippen LogP contribution in [0.3, 0.4) is 0 Å². The van der Waals surface area contributed by atoms with Gasteiger partial charge in [0.25, 0.3) is 0 Å². The highest BCUT2D eigenvalue weighted by Crippen LogP contribution is 2.22. The third-order valence-corrected chi connectivity index (χ3v) is 4.22. The number of urea groups is 1. The first-order valence-electron chi connectivity index (χ1n) is 8.56. The van der Waals surface area contributed by atoms with E-state index in [0.29, 0.717) is 6.54 Å². The van der Waals surface area contributed by atoms with E-state index in [0.717, 1.165) is 30.2 Å². The lowest BCUT2D eigenvalue weighted by Crippen LogP contribution is -2.45. The third kappa shape index (κ3) is 4.54. The van der Waals surface area contributed by atoms with E-state index in [9.17, 15) is 4.79 Å². The molecule has 1 aromatic heterocycles. The Hall–Kier alpha value is -2.47. The Labute approximate surface area is 148 Å². The van der Waals surface area contributed by atoms with Crippen LogP contribution in [-0.4, -0.2) is 43.3 Å². The molecule has 1 aromatic carbocycles. The maximum absolute atomic E-state index is 12.3. The van der Waals surface area contributed by atoms with Gasteiger partial charge in [-0.1, -0.05) is 0 Å². The number of rotatable bonds is 4. The Morgan fingerprint density at radius 3 is 2.48 bits per heavy atom. The van der Waals surface area contributed by atoms with Crippen LogP contribution in [0.1, 0.15) is 19.6 Å². The zero-order chi connectivity index (χ0) is 17.8. The molecule has 1 aliphatic rings. The lowest BCUT2D eigenvalue weighted by molar-refractivity contribution is -0.00521. The second-order valence-corrected chi connectivity index (χ2v) is 6.57. The largest absolute Gasteiger partial charge is 0.467 e. The van der Waals surface area contributed by atoms with E-state index in [4.69, 9.17) is 9.15 Å². The van der Waals surface area contributed by atoms with Crippen molar-refractivity contribution >= 4 is 17.4 Å². The Balaban J connectivity index is 1.57. The molecule has 6 heteroatoms. The summed E-state index contributed by atoms with van der Waals surface area (Å²) in [7, 11) is 1.74. The summed E-state index contributed by atoms with van der Waals surface area (Å²) in [6, 6.07) is 11.4.